The minimum absolute atomic E-state index is 0.302. The fraction of sp³-hybridized carbons (Fsp3) is 0. The zero-order valence-corrected chi connectivity index (χ0v) is 12.9. The summed E-state index contributed by atoms with van der Waals surface area (Å²) >= 11 is 13.3. The third-order valence-electron chi connectivity index (χ3n) is 2.81. The molecule has 1 amide bonds. The molecule has 21 heavy (non-hydrogen) atoms. The largest absolute Gasteiger partial charge is 0.399 e. The maximum Gasteiger partial charge on any atom is 0.258 e. The summed E-state index contributed by atoms with van der Waals surface area (Å²) in [6.45, 7) is 0. The number of carbonyl (C=O) groups excluding carboxylic acids is 1. The predicted octanol–water partition coefficient (Wildman–Crippen LogP) is 4.44. The van der Waals surface area contributed by atoms with E-state index < -0.39 is 0 Å². The lowest BCUT2D eigenvalue weighted by Crippen LogP contribution is -2.12. The molecular formula is C14H9Cl2N3OS. The zero-order chi connectivity index (χ0) is 15.0. The average Bonchev–Trinajstić information content (AvgIpc) is 2.79. The number of nitrogen functional groups attached to an aromatic ring is 1. The number of thiazole rings is 1. The second-order valence-corrected chi connectivity index (χ2v) is 6.20. The van der Waals surface area contributed by atoms with Gasteiger partial charge in [-0.1, -0.05) is 34.5 Å². The highest BCUT2D eigenvalue weighted by atomic mass is 35.5. The van der Waals surface area contributed by atoms with Gasteiger partial charge in [0.1, 0.15) is 0 Å². The second kappa shape index (κ2) is 5.52. The molecule has 0 spiro atoms. The smallest absolute Gasteiger partial charge is 0.258 e. The van der Waals surface area contributed by atoms with Gasteiger partial charge < -0.3 is 5.73 Å². The number of nitrogens with two attached hydrogens (primary N) is 1. The van der Waals surface area contributed by atoms with E-state index >= 15 is 0 Å². The third-order valence-corrected chi connectivity index (χ3v) is 4.29. The summed E-state index contributed by atoms with van der Waals surface area (Å²) in [5, 5.41) is 4.15. The molecule has 0 aliphatic rings. The van der Waals surface area contributed by atoms with Crippen LogP contribution in [0.2, 0.25) is 10.0 Å². The van der Waals surface area contributed by atoms with E-state index in [4.69, 9.17) is 28.9 Å². The Morgan fingerprint density at radius 2 is 2.00 bits per heavy atom. The monoisotopic (exact) mass is 337 g/mol. The lowest BCUT2D eigenvalue weighted by atomic mass is 10.2. The molecule has 0 fully saturated rings. The van der Waals surface area contributed by atoms with Crippen molar-refractivity contribution in [3.05, 3.63) is 52.0 Å². The van der Waals surface area contributed by atoms with Crippen LogP contribution in [0.4, 0.5) is 10.8 Å². The first-order valence-corrected chi connectivity index (χ1v) is 7.52. The Balaban J connectivity index is 1.89. The van der Waals surface area contributed by atoms with Crippen molar-refractivity contribution in [2.24, 2.45) is 0 Å². The number of aromatic nitrogens is 1. The van der Waals surface area contributed by atoms with Gasteiger partial charge in [-0.3, -0.25) is 10.1 Å². The summed E-state index contributed by atoms with van der Waals surface area (Å²) in [6, 6.07) is 10.1. The van der Waals surface area contributed by atoms with Gasteiger partial charge in [-0.2, -0.15) is 0 Å². The van der Waals surface area contributed by atoms with E-state index in [0.29, 0.717) is 26.4 Å². The van der Waals surface area contributed by atoms with Gasteiger partial charge >= 0.3 is 0 Å². The van der Waals surface area contributed by atoms with Crippen molar-refractivity contribution in [3.8, 4) is 0 Å². The number of anilines is 2. The van der Waals surface area contributed by atoms with E-state index in [1.807, 2.05) is 0 Å². The number of nitrogens with one attached hydrogen (secondary N) is 1. The summed E-state index contributed by atoms with van der Waals surface area (Å²) in [7, 11) is 0. The Morgan fingerprint density at radius 1 is 1.19 bits per heavy atom. The fourth-order valence-corrected chi connectivity index (χ4v) is 3.24. The number of amides is 1. The first kappa shape index (κ1) is 14.1. The van der Waals surface area contributed by atoms with Crippen LogP contribution in [-0.2, 0) is 0 Å². The number of fused-ring (bicyclic) bond motifs is 1. The van der Waals surface area contributed by atoms with Gasteiger partial charge in [-0.15, -0.1) is 0 Å². The minimum atomic E-state index is -0.329. The van der Waals surface area contributed by atoms with E-state index in [0.717, 1.165) is 10.2 Å². The Kier molecular flexibility index (Phi) is 3.71. The quantitative estimate of drug-likeness (QED) is 0.679. The number of halogens is 2. The van der Waals surface area contributed by atoms with Gasteiger partial charge in [-0.25, -0.2) is 4.98 Å². The number of rotatable bonds is 2. The van der Waals surface area contributed by atoms with Gasteiger partial charge in [0, 0.05) is 10.7 Å². The standard InChI is InChI=1S/C14H9Cl2N3OS/c15-7-1-4-11-12(5-7)21-14(18-11)19-13(20)9-3-2-8(17)6-10(9)16/h1-6H,17H2,(H,18,19,20). The Bertz CT molecular complexity index is 847. The molecule has 3 rings (SSSR count). The summed E-state index contributed by atoms with van der Waals surface area (Å²) in [5.41, 5.74) is 7.24. The number of carbonyl (C=O) groups is 1. The zero-order valence-electron chi connectivity index (χ0n) is 10.6. The molecule has 0 bridgehead atoms. The molecule has 4 nitrogen and oxygen atoms in total. The van der Waals surface area contributed by atoms with Crippen molar-refractivity contribution in [2.45, 2.75) is 0 Å². The molecule has 106 valence electrons. The average molecular weight is 338 g/mol. The molecule has 0 saturated heterocycles. The molecule has 7 heteroatoms. The SMILES string of the molecule is Nc1ccc(C(=O)Nc2nc3ccc(Cl)cc3s2)c(Cl)c1. The van der Waals surface area contributed by atoms with Crippen molar-refractivity contribution in [1.82, 2.24) is 4.98 Å². The van der Waals surface area contributed by atoms with Crippen LogP contribution in [-0.4, -0.2) is 10.9 Å². The van der Waals surface area contributed by atoms with Crippen LogP contribution < -0.4 is 11.1 Å². The predicted molar refractivity (Wildman–Crippen MR) is 88.4 cm³/mol. The van der Waals surface area contributed by atoms with Crippen molar-refractivity contribution >= 4 is 61.5 Å². The van der Waals surface area contributed by atoms with Gasteiger partial charge in [0.05, 0.1) is 20.8 Å². The number of hydrogen-bond donors (Lipinski definition) is 2. The maximum atomic E-state index is 12.2. The van der Waals surface area contributed by atoms with Crippen LogP contribution in [0.5, 0.6) is 0 Å². The van der Waals surface area contributed by atoms with Crippen LogP contribution in [0.15, 0.2) is 36.4 Å². The molecule has 3 aromatic rings. The Labute approximate surface area is 134 Å². The third kappa shape index (κ3) is 2.95. The highest BCUT2D eigenvalue weighted by molar-refractivity contribution is 7.22. The lowest BCUT2D eigenvalue weighted by molar-refractivity contribution is 0.102. The van der Waals surface area contributed by atoms with Gasteiger partial charge in [0.25, 0.3) is 5.91 Å². The van der Waals surface area contributed by atoms with Crippen molar-refractivity contribution in [2.75, 3.05) is 11.1 Å². The number of benzene rings is 2. The van der Waals surface area contributed by atoms with Crippen molar-refractivity contribution in [1.29, 1.82) is 0 Å². The molecule has 1 heterocycles. The number of hydrogen-bond acceptors (Lipinski definition) is 4. The van der Waals surface area contributed by atoms with Gasteiger partial charge in [-0.05, 0) is 36.4 Å². The molecule has 0 aliphatic carbocycles. The summed E-state index contributed by atoms with van der Waals surface area (Å²) in [4.78, 5) is 16.5. The van der Waals surface area contributed by atoms with Crippen LogP contribution >= 0.6 is 34.5 Å². The van der Waals surface area contributed by atoms with E-state index in [1.54, 1.807) is 30.3 Å². The van der Waals surface area contributed by atoms with Gasteiger partial charge in [0.2, 0.25) is 0 Å². The molecular weight excluding hydrogens is 329 g/mol. The summed E-state index contributed by atoms with van der Waals surface area (Å²) in [6.07, 6.45) is 0. The lowest BCUT2D eigenvalue weighted by Gasteiger charge is -2.04. The molecule has 2 aromatic carbocycles. The highest BCUT2D eigenvalue weighted by Gasteiger charge is 2.13. The highest BCUT2D eigenvalue weighted by Crippen LogP contribution is 2.29. The van der Waals surface area contributed by atoms with E-state index in [-0.39, 0.29) is 5.91 Å². The molecule has 3 N–H and O–H groups in total. The maximum absolute atomic E-state index is 12.2. The molecule has 0 aliphatic heterocycles. The molecule has 0 saturated carbocycles. The summed E-state index contributed by atoms with van der Waals surface area (Å²) < 4.78 is 0.904. The van der Waals surface area contributed by atoms with Gasteiger partial charge in [0.15, 0.2) is 5.13 Å². The van der Waals surface area contributed by atoms with Crippen LogP contribution in [0.25, 0.3) is 10.2 Å². The molecule has 1 aromatic heterocycles. The first-order valence-electron chi connectivity index (χ1n) is 5.95. The molecule has 0 unspecified atom stereocenters. The van der Waals surface area contributed by atoms with Crippen molar-refractivity contribution in [3.63, 3.8) is 0 Å². The second-order valence-electron chi connectivity index (χ2n) is 4.32. The molecule has 0 atom stereocenters. The van der Waals surface area contributed by atoms with Crippen molar-refractivity contribution < 1.29 is 4.79 Å². The Hall–Kier alpha value is -1.82. The fourth-order valence-electron chi connectivity index (χ4n) is 1.83. The van der Waals surface area contributed by atoms with E-state index in [2.05, 4.69) is 10.3 Å². The molecule has 0 radical (unpaired) electrons. The van der Waals surface area contributed by atoms with Crippen LogP contribution in [0.1, 0.15) is 10.4 Å². The van der Waals surface area contributed by atoms with E-state index in [1.165, 1.54) is 17.4 Å². The topological polar surface area (TPSA) is 68.0 Å². The Morgan fingerprint density at radius 3 is 2.76 bits per heavy atom. The summed E-state index contributed by atoms with van der Waals surface area (Å²) in [5.74, 6) is -0.329. The van der Waals surface area contributed by atoms with E-state index in [9.17, 15) is 4.79 Å². The van der Waals surface area contributed by atoms with Crippen LogP contribution in [0.3, 0.4) is 0 Å². The minimum Gasteiger partial charge on any atom is -0.399 e. The van der Waals surface area contributed by atoms with Crippen LogP contribution in [0, 0.1) is 0 Å². The first-order chi connectivity index (χ1) is 10.0. The normalized spacial score (nSPS) is 10.8. The number of nitrogens with zero attached hydrogens (tertiary/aromatic N) is 1.